The maximum absolute atomic E-state index is 14.8. The average molecular weight is 693 g/mol. The minimum atomic E-state index is -5.08. The first-order valence-corrected chi connectivity index (χ1v) is 15.2. The number of alkyl halides is 3. The number of piperazine rings is 1. The lowest BCUT2D eigenvalue weighted by Gasteiger charge is -2.35. The molecule has 4 amide bonds. The van der Waals surface area contributed by atoms with Gasteiger partial charge in [-0.25, -0.2) is 14.0 Å². The summed E-state index contributed by atoms with van der Waals surface area (Å²) in [5, 5.41) is 18.9. The number of amides is 4. The third-order valence-electron chi connectivity index (χ3n) is 6.94. The third kappa shape index (κ3) is 11.9. The zero-order chi connectivity index (χ0) is 36.7. The highest BCUT2D eigenvalue weighted by atomic mass is 19.4. The van der Waals surface area contributed by atoms with E-state index in [4.69, 9.17) is 14.4 Å². The van der Waals surface area contributed by atoms with E-state index in [0.717, 1.165) is 11.6 Å². The Morgan fingerprint density at radius 1 is 0.878 bits per heavy atom. The van der Waals surface area contributed by atoms with Crippen molar-refractivity contribution in [2.45, 2.75) is 65.2 Å². The molecule has 1 aromatic heterocycles. The molecule has 0 spiro atoms. The Morgan fingerprint density at radius 2 is 1.51 bits per heavy atom. The van der Waals surface area contributed by atoms with Crippen LogP contribution in [0, 0.1) is 5.82 Å². The molecule has 49 heavy (non-hydrogen) atoms. The zero-order valence-electron chi connectivity index (χ0n) is 28.0. The highest BCUT2D eigenvalue weighted by molar-refractivity contribution is 6.00. The molecular weight excluding hydrogens is 652 g/mol. The van der Waals surface area contributed by atoms with Gasteiger partial charge in [-0.05, 0) is 56.7 Å². The molecule has 0 saturated carbocycles. The largest absolute Gasteiger partial charge is 0.490 e. The highest BCUT2D eigenvalue weighted by Gasteiger charge is 2.38. The van der Waals surface area contributed by atoms with Crippen molar-refractivity contribution in [3.05, 3.63) is 76.8 Å². The molecule has 0 unspecified atom stereocenters. The van der Waals surface area contributed by atoms with Crippen LogP contribution in [0.25, 0.3) is 0 Å². The van der Waals surface area contributed by atoms with Crippen LogP contribution < -0.4 is 16.0 Å². The monoisotopic (exact) mass is 692 g/mol. The zero-order valence-corrected chi connectivity index (χ0v) is 28.0. The van der Waals surface area contributed by atoms with Gasteiger partial charge >= 0.3 is 18.2 Å². The summed E-state index contributed by atoms with van der Waals surface area (Å²) < 4.78 is 51.8. The van der Waals surface area contributed by atoms with E-state index in [1.54, 1.807) is 17.0 Å². The molecule has 1 aliphatic rings. The number of carboxylic acid groups (broad SMARTS) is 1. The molecule has 266 valence electrons. The van der Waals surface area contributed by atoms with Crippen molar-refractivity contribution < 1.29 is 46.4 Å². The Hall–Kier alpha value is -4.99. The Labute approximate surface area is 280 Å². The molecule has 2 heterocycles. The average Bonchev–Trinajstić information content (AvgIpc) is 3.46. The summed E-state index contributed by atoms with van der Waals surface area (Å²) in [6, 6.07) is 12.5. The molecule has 16 heteroatoms. The van der Waals surface area contributed by atoms with E-state index in [1.165, 1.54) is 12.1 Å². The molecule has 4 N–H and O–H groups in total. The number of rotatable bonds is 6. The van der Waals surface area contributed by atoms with Crippen molar-refractivity contribution in [3.63, 3.8) is 0 Å². The third-order valence-corrected chi connectivity index (χ3v) is 6.94. The molecule has 0 aliphatic carbocycles. The van der Waals surface area contributed by atoms with Gasteiger partial charge in [0.15, 0.2) is 5.82 Å². The van der Waals surface area contributed by atoms with Crippen molar-refractivity contribution in [2.24, 2.45) is 0 Å². The smallest absolute Gasteiger partial charge is 0.475 e. The summed E-state index contributed by atoms with van der Waals surface area (Å²) in [6.45, 7) is 14.6. The lowest BCUT2D eigenvalue weighted by atomic mass is 9.93. The van der Waals surface area contributed by atoms with Crippen molar-refractivity contribution in [2.75, 3.05) is 36.8 Å². The minimum absolute atomic E-state index is 0.0631. The van der Waals surface area contributed by atoms with Crippen LogP contribution in [-0.2, 0) is 16.8 Å². The quantitative estimate of drug-likeness (QED) is 0.234. The number of aromatic nitrogens is 1. The summed E-state index contributed by atoms with van der Waals surface area (Å²) in [5.41, 5.74) is 1.18. The van der Waals surface area contributed by atoms with E-state index in [0.29, 0.717) is 44.0 Å². The van der Waals surface area contributed by atoms with E-state index in [1.807, 2.05) is 59.7 Å². The number of halogens is 4. The van der Waals surface area contributed by atoms with E-state index >= 15 is 0 Å². The predicted octanol–water partition coefficient (Wildman–Crippen LogP) is 5.87. The van der Waals surface area contributed by atoms with Gasteiger partial charge in [-0.1, -0.05) is 38.1 Å². The fourth-order valence-corrected chi connectivity index (χ4v) is 4.48. The van der Waals surface area contributed by atoms with Gasteiger partial charge in [0.05, 0.1) is 5.69 Å². The number of carboxylic acids is 1. The molecule has 0 radical (unpaired) electrons. The van der Waals surface area contributed by atoms with Crippen LogP contribution in [0.2, 0.25) is 0 Å². The lowest BCUT2D eigenvalue weighted by Crippen LogP contribution is -2.48. The van der Waals surface area contributed by atoms with Crippen LogP contribution in [0.5, 0.6) is 0 Å². The van der Waals surface area contributed by atoms with Crippen LogP contribution in [0.4, 0.5) is 33.9 Å². The van der Waals surface area contributed by atoms with Gasteiger partial charge in [0.25, 0.3) is 11.8 Å². The maximum atomic E-state index is 14.8. The van der Waals surface area contributed by atoms with Gasteiger partial charge in [-0.15, -0.1) is 0 Å². The fourth-order valence-electron chi connectivity index (χ4n) is 4.48. The van der Waals surface area contributed by atoms with Crippen LogP contribution in [0.3, 0.4) is 0 Å². The first kappa shape index (κ1) is 38.5. The number of anilines is 2. The normalized spacial score (nSPS) is 14.0. The topological polar surface area (TPSA) is 157 Å². The molecule has 0 atom stereocenters. The van der Waals surface area contributed by atoms with Gasteiger partial charge in [-0.3, -0.25) is 19.8 Å². The lowest BCUT2D eigenvalue weighted by molar-refractivity contribution is -0.192. The van der Waals surface area contributed by atoms with Gasteiger partial charge in [0.1, 0.15) is 11.6 Å². The first-order valence-electron chi connectivity index (χ1n) is 15.2. The number of hydrogen-bond acceptors (Lipinski definition) is 7. The van der Waals surface area contributed by atoms with Crippen LogP contribution in [0.15, 0.2) is 53.1 Å². The number of benzene rings is 2. The molecule has 2 aromatic carbocycles. The van der Waals surface area contributed by atoms with Crippen molar-refractivity contribution in [3.8, 4) is 0 Å². The molecule has 1 saturated heterocycles. The maximum Gasteiger partial charge on any atom is 0.490 e. The molecule has 3 aromatic rings. The molecule has 0 bridgehead atoms. The highest BCUT2D eigenvalue weighted by Crippen LogP contribution is 2.25. The Balaban J connectivity index is 0.000000838. The number of aliphatic carboxylic acids is 1. The second kappa shape index (κ2) is 15.5. The molecular formula is C33H40F4N6O6. The van der Waals surface area contributed by atoms with Crippen molar-refractivity contribution in [1.82, 2.24) is 20.3 Å². The van der Waals surface area contributed by atoms with Gasteiger partial charge in [0.2, 0.25) is 0 Å². The predicted molar refractivity (Wildman–Crippen MR) is 173 cm³/mol. The van der Waals surface area contributed by atoms with Crippen molar-refractivity contribution >= 4 is 35.3 Å². The Bertz CT molecular complexity index is 1650. The molecule has 4 rings (SSSR count). The summed E-state index contributed by atoms with van der Waals surface area (Å²) in [5.74, 6) is -3.06. The van der Waals surface area contributed by atoms with E-state index in [2.05, 4.69) is 26.0 Å². The number of nitrogens with zero attached hydrogens (tertiary/aromatic N) is 3. The number of carbonyl (C=O) groups is 4. The molecule has 1 aliphatic heterocycles. The molecule has 12 nitrogen and oxygen atoms in total. The fraction of sp³-hybridized carbons (Fsp3) is 0.424. The van der Waals surface area contributed by atoms with Gasteiger partial charge < -0.3 is 25.2 Å². The summed E-state index contributed by atoms with van der Waals surface area (Å²) in [7, 11) is 0. The SMILES string of the molecule is CC(C)(C)NC(=O)c1cccc(CN2CCN(C(=O)c3ccc(NC(=O)Nc4cc(C(C)(C)C)on4)c(F)c3)CC2)c1.O=C(O)C(F)(F)F. The van der Waals surface area contributed by atoms with Crippen LogP contribution in [0.1, 0.15) is 73.6 Å². The summed E-state index contributed by atoms with van der Waals surface area (Å²) in [6.07, 6.45) is -5.08. The van der Waals surface area contributed by atoms with E-state index in [-0.39, 0.29) is 39.8 Å². The second-order valence-electron chi connectivity index (χ2n) is 13.4. The first-order chi connectivity index (χ1) is 22.6. The summed E-state index contributed by atoms with van der Waals surface area (Å²) in [4.78, 5) is 50.8. The minimum Gasteiger partial charge on any atom is -0.475 e. The van der Waals surface area contributed by atoms with Crippen molar-refractivity contribution in [1.29, 1.82) is 0 Å². The standard InChI is InChI=1S/C31H39FN6O4.C2HF3O2/c1-30(2,3)25-18-26(36-42-25)34-29(41)33-24-11-10-22(17-23(24)32)28(40)38-14-12-37(13-15-38)19-20-8-7-9-21(16-20)27(39)35-31(4,5)6;3-2(4,5)1(6)7/h7-11,16-18H,12-15,19H2,1-6H3,(H,35,39)(H2,33,34,36,41);(H,6,7). The number of hydrogen-bond donors (Lipinski definition) is 4. The Kier molecular flexibility index (Phi) is 12.2. The molecule has 1 fully saturated rings. The Morgan fingerprint density at radius 3 is 2.04 bits per heavy atom. The van der Waals surface area contributed by atoms with E-state index < -0.39 is 24.0 Å². The van der Waals surface area contributed by atoms with Gasteiger partial charge in [0, 0.05) is 60.9 Å². The number of urea groups is 1. The van der Waals surface area contributed by atoms with Gasteiger partial charge in [-0.2, -0.15) is 13.2 Å². The van der Waals surface area contributed by atoms with E-state index in [9.17, 15) is 31.9 Å². The number of nitrogens with one attached hydrogen (secondary N) is 3. The summed E-state index contributed by atoms with van der Waals surface area (Å²) >= 11 is 0. The van der Waals surface area contributed by atoms with Crippen LogP contribution in [-0.4, -0.2) is 81.8 Å². The second-order valence-corrected chi connectivity index (χ2v) is 13.4. The number of carbonyl (C=O) groups excluding carboxylic acids is 3. The van der Waals surface area contributed by atoms with Crippen LogP contribution >= 0.6 is 0 Å².